The smallest absolute Gasteiger partial charge is 0.272 e. The second-order valence-electron chi connectivity index (χ2n) is 9.06. The van der Waals surface area contributed by atoms with E-state index in [9.17, 15) is 14.9 Å². The Morgan fingerprint density at radius 3 is 2.58 bits per heavy atom. The number of nitro groups is 1. The van der Waals surface area contributed by atoms with Crippen molar-refractivity contribution in [3.05, 3.63) is 97.1 Å². The van der Waals surface area contributed by atoms with Gasteiger partial charge in [-0.2, -0.15) is 5.10 Å². The van der Waals surface area contributed by atoms with Crippen molar-refractivity contribution in [2.75, 3.05) is 11.9 Å². The van der Waals surface area contributed by atoms with Crippen LogP contribution in [0.5, 0.6) is 5.75 Å². The van der Waals surface area contributed by atoms with Crippen molar-refractivity contribution < 1.29 is 14.5 Å². The van der Waals surface area contributed by atoms with E-state index in [1.54, 1.807) is 17.7 Å². The van der Waals surface area contributed by atoms with Gasteiger partial charge in [0, 0.05) is 28.1 Å². The third-order valence-corrected chi connectivity index (χ3v) is 7.13. The van der Waals surface area contributed by atoms with Crippen LogP contribution in [0.4, 0.5) is 17.1 Å². The highest BCUT2D eigenvalue weighted by Gasteiger charge is 2.19. The highest BCUT2D eigenvalue weighted by molar-refractivity contribution is 7.07. The molecule has 1 aliphatic rings. The SMILES string of the molecule is CC(=Nn1c(-c2ccc3c(c2)NC(=O)CO3)csc1=Nc1c(C)cccc1C)c1ccc(C)c([N+](=O)[O-])c1. The minimum atomic E-state index is -0.388. The van der Waals surface area contributed by atoms with Gasteiger partial charge < -0.3 is 10.1 Å². The fraction of sp³-hybridized carbons (Fsp3) is 0.179. The maximum absolute atomic E-state index is 11.9. The summed E-state index contributed by atoms with van der Waals surface area (Å²) in [6.45, 7) is 7.52. The maximum atomic E-state index is 11.9. The number of carbonyl (C=O) groups is 1. The molecule has 0 radical (unpaired) electrons. The van der Waals surface area contributed by atoms with Gasteiger partial charge in [0.05, 0.1) is 27.7 Å². The number of aryl methyl sites for hydroxylation is 3. The summed E-state index contributed by atoms with van der Waals surface area (Å²) in [7, 11) is 0. The van der Waals surface area contributed by atoms with Crippen molar-refractivity contribution in [3.8, 4) is 17.0 Å². The molecule has 0 fully saturated rings. The van der Waals surface area contributed by atoms with Crippen LogP contribution >= 0.6 is 11.3 Å². The van der Waals surface area contributed by atoms with E-state index in [1.807, 2.05) is 68.6 Å². The van der Waals surface area contributed by atoms with E-state index < -0.39 is 0 Å². The summed E-state index contributed by atoms with van der Waals surface area (Å²) in [5, 5.41) is 21.2. The number of ether oxygens (including phenoxy) is 1. The Kier molecular flexibility index (Phi) is 6.64. The summed E-state index contributed by atoms with van der Waals surface area (Å²) in [4.78, 5) is 28.6. The van der Waals surface area contributed by atoms with Gasteiger partial charge in [0.25, 0.3) is 11.6 Å². The van der Waals surface area contributed by atoms with Gasteiger partial charge in [-0.3, -0.25) is 14.9 Å². The second kappa shape index (κ2) is 10.1. The molecule has 0 bridgehead atoms. The Hall–Kier alpha value is -4.57. The number of para-hydroxylation sites is 1. The summed E-state index contributed by atoms with van der Waals surface area (Å²) in [6, 6.07) is 16.7. The van der Waals surface area contributed by atoms with E-state index in [-0.39, 0.29) is 23.1 Å². The first kappa shape index (κ1) is 25.1. The molecule has 2 heterocycles. The van der Waals surface area contributed by atoms with Gasteiger partial charge in [-0.15, -0.1) is 11.3 Å². The number of nitrogens with zero attached hydrogens (tertiary/aromatic N) is 4. The standard InChI is InChI=1S/C28H25N5O4S/c1-16-8-9-20(13-23(16)33(35)36)19(4)31-32-24(21-10-11-25-22(12-21)29-26(34)14-37-25)15-38-28(32)30-27-17(2)6-5-7-18(27)3/h5-13,15H,14H2,1-4H3,(H,29,34). The Balaban J connectivity index is 1.70. The van der Waals surface area contributed by atoms with Crippen molar-refractivity contribution in [2.24, 2.45) is 10.1 Å². The molecule has 1 aromatic heterocycles. The molecular formula is C28H25N5O4S. The van der Waals surface area contributed by atoms with E-state index in [0.717, 1.165) is 28.1 Å². The fourth-order valence-corrected chi connectivity index (χ4v) is 5.07. The quantitative estimate of drug-likeness (QED) is 0.198. The van der Waals surface area contributed by atoms with Crippen molar-refractivity contribution in [2.45, 2.75) is 27.7 Å². The van der Waals surface area contributed by atoms with Gasteiger partial charge in [0.1, 0.15) is 5.75 Å². The minimum Gasteiger partial charge on any atom is -0.482 e. The molecule has 1 aliphatic heterocycles. The van der Waals surface area contributed by atoms with Crippen LogP contribution in [0.1, 0.15) is 29.2 Å². The molecule has 1 amide bonds. The molecule has 38 heavy (non-hydrogen) atoms. The first-order chi connectivity index (χ1) is 18.2. The van der Waals surface area contributed by atoms with E-state index in [1.165, 1.54) is 17.4 Å². The largest absolute Gasteiger partial charge is 0.482 e. The molecule has 0 saturated carbocycles. The lowest BCUT2D eigenvalue weighted by Gasteiger charge is -2.18. The lowest BCUT2D eigenvalue weighted by atomic mass is 10.1. The van der Waals surface area contributed by atoms with Crippen LogP contribution in [0.2, 0.25) is 0 Å². The number of nitro benzene ring substituents is 1. The van der Waals surface area contributed by atoms with Crippen LogP contribution in [-0.4, -0.2) is 27.8 Å². The van der Waals surface area contributed by atoms with Crippen molar-refractivity contribution in [3.63, 3.8) is 0 Å². The maximum Gasteiger partial charge on any atom is 0.272 e. The van der Waals surface area contributed by atoms with Crippen molar-refractivity contribution >= 4 is 40.0 Å². The van der Waals surface area contributed by atoms with Crippen molar-refractivity contribution in [1.29, 1.82) is 0 Å². The number of hydrogen-bond donors (Lipinski definition) is 1. The first-order valence-electron chi connectivity index (χ1n) is 11.9. The first-order valence-corrected chi connectivity index (χ1v) is 12.8. The van der Waals surface area contributed by atoms with Gasteiger partial charge in [-0.25, -0.2) is 9.67 Å². The predicted octanol–water partition coefficient (Wildman–Crippen LogP) is 5.89. The number of aromatic nitrogens is 1. The topological polar surface area (TPSA) is 111 Å². The van der Waals surface area contributed by atoms with Crippen LogP contribution in [0.25, 0.3) is 11.3 Å². The van der Waals surface area contributed by atoms with Gasteiger partial charge in [-0.05, 0) is 57.0 Å². The average molecular weight is 528 g/mol. The van der Waals surface area contributed by atoms with Gasteiger partial charge in [0.2, 0.25) is 4.80 Å². The van der Waals surface area contributed by atoms with E-state index >= 15 is 0 Å². The van der Waals surface area contributed by atoms with Gasteiger partial charge >= 0.3 is 0 Å². The molecule has 4 aromatic rings. The highest BCUT2D eigenvalue weighted by atomic mass is 32.1. The highest BCUT2D eigenvalue weighted by Crippen LogP contribution is 2.33. The summed E-state index contributed by atoms with van der Waals surface area (Å²) < 4.78 is 7.25. The van der Waals surface area contributed by atoms with Gasteiger partial charge in [0.15, 0.2) is 6.61 Å². The van der Waals surface area contributed by atoms with Crippen LogP contribution in [0.3, 0.4) is 0 Å². The second-order valence-corrected chi connectivity index (χ2v) is 9.90. The van der Waals surface area contributed by atoms with E-state index in [4.69, 9.17) is 14.8 Å². The molecule has 0 unspecified atom stereocenters. The normalized spacial score (nSPS) is 13.6. The zero-order valence-electron chi connectivity index (χ0n) is 21.3. The summed E-state index contributed by atoms with van der Waals surface area (Å²) >= 11 is 1.43. The molecule has 9 nitrogen and oxygen atoms in total. The molecular weight excluding hydrogens is 502 g/mol. The Labute approximate surface area is 222 Å². The number of rotatable bonds is 5. The number of benzene rings is 3. The Bertz CT molecular complexity index is 1680. The third-order valence-electron chi connectivity index (χ3n) is 6.31. The Morgan fingerprint density at radius 2 is 1.84 bits per heavy atom. The van der Waals surface area contributed by atoms with Crippen LogP contribution < -0.4 is 14.9 Å². The lowest BCUT2D eigenvalue weighted by molar-refractivity contribution is -0.385. The van der Waals surface area contributed by atoms with Crippen LogP contribution in [0, 0.1) is 30.9 Å². The van der Waals surface area contributed by atoms with Crippen LogP contribution in [0.15, 0.2) is 70.1 Å². The van der Waals surface area contributed by atoms with Gasteiger partial charge in [-0.1, -0.05) is 30.3 Å². The summed E-state index contributed by atoms with van der Waals surface area (Å²) in [6.07, 6.45) is 0. The molecule has 0 aliphatic carbocycles. The minimum absolute atomic E-state index is 0.0181. The number of thiazole rings is 1. The van der Waals surface area contributed by atoms with E-state index in [0.29, 0.717) is 33.1 Å². The third kappa shape index (κ3) is 4.85. The van der Waals surface area contributed by atoms with Crippen molar-refractivity contribution in [1.82, 2.24) is 4.68 Å². The lowest BCUT2D eigenvalue weighted by Crippen LogP contribution is -2.25. The predicted molar refractivity (Wildman–Crippen MR) is 148 cm³/mol. The Morgan fingerprint density at radius 1 is 1.08 bits per heavy atom. The number of fused-ring (bicyclic) bond motifs is 1. The number of amides is 1. The number of anilines is 1. The molecule has 0 spiro atoms. The molecule has 1 N–H and O–H groups in total. The average Bonchev–Trinajstić information content (AvgIpc) is 3.27. The molecule has 0 atom stereocenters. The van der Waals surface area contributed by atoms with E-state index in [2.05, 4.69) is 5.32 Å². The summed E-state index contributed by atoms with van der Waals surface area (Å²) in [5.41, 5.74) is 6.92. The molecule has 5 rings (SSSR count). The fourth-order valence-electron chi connectivity index (χ4n) is 4.23. The number of nitrogens with one attached hydrogen (secondary N) is 1. The molecule has 192 valence electrons. The zero-order chi connectivity index (χ0) is 27.0. The molecule has 0 saturated heterocycles. The summed E-state index contributed by atoms with van der Waals surface area (Å²) in [5.74, 6) is 0.385. The molecule has 3 aromatic carbocycles. The monoisotopic (exact) mass is 527 g/mol. The molecule has 10 heteroatoms. The zero-order valence-corrected chi connectivity index (χ0v) is 22.1. The number of carbonyl (C=O) groups excluding carboxylic acids is 1. The number of hydrogen-bond acceptors (Lipinski definition) is 7. The van der Waals surface area contributed by atoms with Crippen LogP contribution in [-0.2, 0) is 4.79 Å².